The summed E-state index contributed by atoms with van der Waals surface area (Å²) in [6, 6.07) is 1.77. The number of nitrogens with two attached hydrogens (primary N) is 1. The number of nitrogen functional groups attached to an aromatic ring is 1. The van der Waals surface area contributed by atoms with Crippen molar-refractivity contribution in [2.45, 2.75) is 26.3 Å². The molecular formula is C12H19N5O2. The molecule has 0 saturated carbocycles. The molecule has 1 atom stereocenters. The Labute approximate surface area is 112 Å². The quantitative estimate of drug-likeness (QED) is 0.604. The Hall–Kier alpha value is -1.73. The maximum atomic E-state index is 12.5. The summed E-state index contributed by atoms with van der Waals surface area (Å²) < 4.78 is 5.40. The number of nitrogens with zero attached hydrogens (tertiary/aromatic N) is 3. The van der Waals surface area contributed by atoms with Gasteiger partial charge in [-0.25, -0.2) is 15.8 Å². The molecule has 104 valence electrons. The highest BCUT2D eigenvalue weighted by Crippen LogP contribution is 2.15. The van der Waals surface area contributed by atoms with Gasteiger partial charge < -0.3 is 9.64 Å². The van der Waals surface area contributed by atoms with Gasteiger partial charge in [-0.15, -0.1) is 0 Å². The first kappa shape index (κ1) is 13.7. The van der Waals surface area contributed by atoms with Gasteiger partial charge in [-0.05, 0) is 19.4 Å². The first-order chi connectivity index (χ1) is 9.15. The highest BCUT2D eigenvalue weighted by Gasteiger charge is 2.27. The molecule has 7 nitrogen and oxygen atoms in total. The van der Waals surface area contributed by atoms with Crippen LogP contribution in [0.4, 0.5) is 5.95 Å². The Bertz CT molecular complexity index is 465. The van der Waals surface area contributed by atoms with Crippen LogP contribution in [-0.4, -0.2) is 46.6 Å². The summed E-state index contributed by atoms with van der Waals surface area (Å²) in [5.74, 6) is 5.45. The van der Waals surface area contributed by atoms with E-state index < -0.39 is 0 Å². The van der Waals surface area contributed by atoms with Crippen LogP contribution in [0.25, 0.3) is 0 Å². The maximum Gasteiger partial charge on any atom is 0.273 e. The van der Waals surface area contributed by atoms with Gasteiger partial charge >= 0.3 is 0 Å². The lowest BCUT2D eigenvalue weighted by molar-refractivity contribution is -0.00311. The number of nitrogens with one attached hydrogen (secondary N) is 1. The first-order valence-electron chi connectivity index (χ1n) is 6.36. The molecule has 7 heteroatoms. The van der Waals surface area contributed by atoms with Crippen molar-refractivity contribution in [3.05, 3.63) is 17.5 Å². The van der Waals surface area contributed by atoms with E-state index in [1.807, 2.05) is 11.8 Å². The summed E-state index contributed by atoms with van der Waals surface area (Å²) >= 11 is 0. The van der Waals surface area contributed by atoms with Gasteiger partial charge in [0.25, 0.3) is 5.91 Å². The average Bonchev–Trinajstić information content (AvgIpc) is 2.45. The third kappa shape index (κ3) is 2.99. The second-order valence-corrected chi connectivity index (χ2v) is 4.50. The highest BCUT2D eigenvalue weighted by molar-refractivity contribution is 5.93. The van der Waals surface area contributed by atoms with Crippen molar-refractivity contribution in [1.29, 1.82) is 0 Å². The highest BCUT2D eigenvalue weighted by atomic mass is 16.5. The fourth-order valence-corrected chi connectivity index (χ4v) is 2.15. The molecule has 1 aliphatic rings. The summed E-state index contributed by atoms with van der Waals surface area (Å²) in [7, 11) is 0. The molecular weight excluding hydrogens is 246 g/mol. The molecule has 2 rings (SSSR count). The van der Waals surface area contributed by atoms with Crippen molar-refractivity contribution in [2.24, 2.45) is 5.84 Å². The van der Waals surface area contributed by atoms with Crippen molar-refractivity contribution in [1.82, 2.24) is 14.9 Å². The summed E-state index contributed by atoms with van der Waals surface area (Å²) in [6.07, 6.45) is 0.859. The van der Waals surface area contributed by atoms with Gasteiger partial charge in [-0.3, -0.25) is 10.2 Å². The molecule has 1 amide bonds. The van der Waals surface area contributed by atoms with Crippen LogP contribution in [0.5, 0.6) is 0 Å². The predicted octanol–water partition coefficient (Wildman–Crippen LogP) is 0.322. The van der Waals surface area contributed by atoms with Gasteiger partial charge in [0.1, 0.15) is 5.69 Å². The topological polar surface area (TPSA) is 93.4 Å². The molecule has 0 aliphatic carbocycles. The molecule has 0 radical (unpaired) electrons. The zero-order chi connectivity index (χ0) is 13.8. The van der Waals surface area contributed by atoms with Crippen LogP contribution in [0, 0.1) is 6.92 Å². The molecule has 1 fully saturated rings. The number of hydrazine groups is 1. The second kappa shape index (κ2) is 5.94. The molecule has 0 spiro atoms. The van der Waals surface area contributed by atoms with E-state index in [0.29, 0.717) is 31.1 Å². The molecule has 19 heavy (non-hydrogen) atoms. The normalized spacial score (nSPS) is 19.3. The number of aryl methyl sites for hydroxylation is 1. The number of carbonyl (C=O) groups excluding carboxylic acids is 1. The summed E-state index contributed by atoms with van der Waals surface area (Å²) in [6.45, 7) is 5.57. The number of rotatable bonds is 3. The molecule has 1 aromatic heterocycles. The minimum atomic E-state index is -0.0999. The molecule has 0 bridgehead atoms. The Morgan fingerprint density at radius 3 is 3.11 bits per heavy atom. The molecule has 1 saturated heterocycles. The number of aromatic nitrogens is 2. The molecule has 0 aromatic carbocycles. The fourth-order valence-electron chi connectivity index (χ4n) is 2.15. The van der Waals surface area contributed by atoms with Crippen LogP contribution in [0.1, 0.15) is 29.5 Å². The largest absolute Gasteiger partial charge is 0.377 e. The van der Waals surface area contributed by atoms with Crippen molar-refractivity contribution in [3.8, 4) is 0 Å². The Morgan fingerprint density at radius 1 is 1.63 bits per heavy atom. The summed E-state index contributed by atoms with van der Waals surface area (Å²) in [5.41, 5.74) is 3.44. The lowest BCUT2D eigenvalue weighted by Gasteiger charge is -2.34. The molecule has 1 aromatic rings. The number of morpholine rings is 1. The smallest absolute Gasteiger partial charge is 0.273 e. The monoisotopic (exact) mass is 265 g/mol. The Morgan fingerprint density at radius 2 is 2.42 bits per heavy atom. The van der Waals surface area contributed by atoms with Crippen molar-refractivity contribution in [2.75, 3.05) is 25.2 Å². The van der Waals surface area contributed by atoms with Gasteiger partial charge in [0, 0.05) is 12.2 Å². The van der Waals surface area contributed by atoms with E-state index in [1.54, 1.807) is 13.0 Å². The zero-order valence-electron chi connectivity index (χ0n) is 11.2. The van der Waals surface area contributed by atoms with Crippen LogP contribution in [0.15, 0.2) is 6.07 Å². The number of carbonyl (C=O) groups is 1. The fraction of sp³-hybridized carbons (Fsp3) is 0.583. The first-order valence-corrected chi connectivity index (χ1v) is 6.36. The van der Waals surface area contributed by atoms with Crippen LogP contribution < -0.4 is 11.3 Å². The third-order valence-corrected chi connectivity index (χ3v) is 3.16. The Kier molecular flexibility index (Phi) is 4.28. The molecule has 1 aliphatic heterocycles. The van der Waals surface area contributed by atoms with Gasteiger partial charge in [0.15, 0.2) is 0 Å². The van der Waals surface area contributed by atoms with E-state index in [4.69, 9.17) is 10.6 Å². The van der Waals surface area contributed by atoms with E-state index in [0.717, 1.165) is 6.42 Å². The summed E-state index contributed by atoms with van der Waals surface area (Å²) in [4.78, 5) is 22.5. The van der Waals surface area contributed by atoms with Gasteiger partial charge in [-0.2, -0.15) is 0 Å². The number of amides is 1. The Balaban J connectivity index is 2.24. The minimum Gasteiger partial charge on any atom is -0.377 e. The van der Waals surface area contributed by atoms with Crippen molar-refractivity contribution < 1.29 is 9.53 Å². The lowest BCUT2D eigenvalue weighted by atomic mass is 10.1. The van der Waals surface area contributed by atoms with Gasteiger partial charge in [-0.1, -0.05) is 6.92 Å². The lowest BCUT2D eigenvalue weighted by Crippen LogP contribution is -2.48. The maximum absolute atomic E-state index is 12.5. The minimum absolute atomic E-state index is 0.0999. The molecule has 3 N–H and O–H groups in total. The predicted molar refractivity (Wildman–Crippen MR) is 70.5 cm³/mol. The van der Waals surface area contributed by atoms with E-state index in [9.17, 15) is 4.79 Å². The average molecular weight is 265 g/mol. The van der Waals surface area contributed by atoms with E-state index in [1.165, 1.54) is 0 Å². The van der Waals surface area contributed by atoms with Crippen LogP contribution >= 0.6 is 0 Å². The van der Waals surface area contributed by atoms with Gasteiger partial charge in [0.05, 0.1) is 19.3 Å². The van der Waals surface area contributed by atoms with Crippen LogP contribution in [-0.2, 0) is 4.74 Å². The SMILES string of the molecule is CCC1COCCN1C(=O)c1cc(C)nc(NN)n1. The summed E-state index contributed by atoms with van der Waals surface area (Å²) in [5, 5.41) is 0. The van der Waals surface area contributed by atoms with E-state index >= 15 is 0 Å². The second-order valence-electron chi connectivity index (χ2n) is 4.50. The zero-order valence-corrected chi connectivity index (χ0v) is 11.2. The molecule has 1 unspecified atom stereocenters. The number of anilines is 1. The number of hydrogen-bond acceptors (Lipinski definition) is 6. The number of hydrogen-bond donors (Lipinski definition) is 2. The van der Waals surface area contributed by atoms with Crippen molar-refractivity contribution >= 4 is 11.9 Å². The standard InChI is InChI=1S/C12H19N5O2/c1-3-9-7-19-5-4-17(9)11(18)10-6-8(2)14-12(15-10)16-13/h6,9H,3-5,7,13H2,1-2H3,(H,14,15,16). The van der Waals surface area contributed by atoms with Crippen molar-refractivity contribution in [3.63, 3.8) is 0 Å². The third-order valence-electron chi connectivity index (χ3n) is 3.16. The van der Waals surface area contributed by atoms with E-state index in [-0.39, 0.29) is 17.9 Å². The van der Waals surface area contributed by atoms with Gasteiger partial charge in [0.2, 0.25) is 5.95 Å². The van der Waals surface area contributed by atoms with E-state index in [2.05, 4.69) is 15.4 Å². The van der Waals surface area contributed by atoms with Crippen LogP contribution in [0.3, 0.4) is 0 Å². The number of ether oxygens (including phenoxy) is 1. The van der Waals surface area contributed by atoms with Crippen LogP contribution in [0.2, 0.25) is 0 Å². The molecule has 2 heterocycles.